The van der Waals surface area contributed by atoms with Crippen LogP contribution in [0.3, 0.4) is 0 Å². The van der Waals surface area contributed by atoms with Crippen LogP contribution in [0.5, 0.6) is 0 Å². The number of fused-ring (bicyclic) bond motifs is 1. The lowest BCUT2D eigenvalue weighted by Gasteiger charge is -2.25. The molecule has 1 aliphatic heterocycles. The standard InChI is InChI=1S/C17H22NO6P/c1-10(2)8-11(16(21)22)9-25(23)17(24-3)18-14(19)12-6-4-5-7-13(12)15(18)20/h4-7,10-11,17,25H,8-9H2,1-3H3,(H,21,22). The van der Waals surface area contributed by atoms with Gasteiger partial charge in [0.25, 0.3) is 11.8 Å². The minimum Gasteiger partial charge on any atom is -0.481 e. The second-order valence-corrected chi connectivity index (χ2v) is 8.28. The van der Waals surface area contributed by atoms with Crippen LogP contribution in [0.1, 0.15) is 41.0 Å². The maximum atomic E-state index is 12.8. The first-order valence-corrected chi connectivity index (χ1v) is 9.72. The number of rotatable bonds is 8. The van der Waals surface area contributed by atoms with Gasteiger partial charge in [0.2, 0.25) is 0 Å². The van der Waals surface area contributed by atoms with Crippen LogP contribution in [0.25, 0.3) is 0 Å². The van der Waals surface area contributed by atoms with Gasteiger partial charge in [0.1, 0.15) is 7.80 Å². The Morgan fingerprint density at radius 1 is 1.20 bits per heavy atom. The number of methoxy groups -OCH3 is 1. The second-order valence-electron chi connectivity index (χ2n) is 6.45. The van der Waals surface area contributed by atoms with Crippen molar-refractivity contribution in [1.82, 2.24) is 4.90 Å². The predicted molar refractivity (Wildman–Crippen MR) is 92.2 cm³/mol. The molecule has 8 heteroatoms. The number of carbonyl (C=O) groups is 3. The van der Waals surface area contributed by atoms with E-state index in [1.807, 2.05) is 13.8 Å². The molecule has 1 aromatic rings. The summed E-state index contributed by atoms with van der Waals surface area (Å²) in [6.45, 7) is 3.76. The fraction of sp³-hybridized carbons (Fsp3) is 0.471. The Morgan fingerprint density at radius 3 is 2.12 bits per heavy atom. The number of benzene rings is 1. The highest BCUT2D eigenvalue weighted by atomic mass is 31.1. The van der Waals surface area contributed by atoms with E-state index >= 15 is 0 Å². The Bertz CT molecular complexity index is 682. The van der Waals surface area contributed by atoms with Crippen LogP contribution in [0.2, 0.25) is 0 Å². The number of hydrogen-bond donors (Lipinski definition) is 1. The summed E-state index contributed by atoms with van der Waals surface area (Å²) in [5, 5.41) is 9.33. The zero-order chi connectivity index (χ0) is 18.7. The lowest BCUT2D eigenvalue weighted by Crippen LogP contribution is -2.39. The molecular weight excluding hydrogens is 345 g/mol. The lowest BCUT2D eigenvalue weighted by atomic mass is 9.99. The Balaban J connectivity index is 2.22. The van der Waals surface area contributed by atoms with E-state index in [4.69, 9.17) is 4.74 Å². The third kappa shape index (κ3) is 3.99. The van der Waals surface area contributed by atoms with Crippen LogP contribution in [-0.2, 0) is 14.1 Å². The van der Waals surface area contributed by atoms with Gasteiger partial charge in [-0.3, -0.25) is 14.4 Å². The largest absolute Gasteiger partial charge is 0.481 e. The van der Waals surface area contributed by atoms with Gasteiger partial charge in [0, 0.05) is 13.3 Å². The lowest BCUT2D eigenvalue weighted by molar-refractivity contribution is -0.141. The van der Waals surface area contributed by atoms with Gasteiger partial charge in [0.15, 0.2) is 5.97 Å². The molecule has 1 aromatic carbocycles. The summed E-state index contributed by atoms with van der Waals surface area (Å²) < 4.78 is 17.9. The summed E-state index contributed by atoms with van der Waals surface area (Å²) in [4.78, 5) is 37.2. The number of carbonyl (C=O) groups excluding carboxylic acids is 2. The molecule has 0 bridgehead atoms. The summed E-state index contributed by atoms with van der Waals surface area (Å²) in [6, 6.07) is 6.33. The Labute approximate surface area is 146 Å². The molecule has 25 heavy (non-hydrogen) atoms. The maximum absolute atomic E-state index is 12.8. The third-order valence-corrected chi connectivity index (χ3v) is 6.05. The van der Waals surface area contributed by atoms with Gasteiger partial charge in [-0.1, -0.05) is 26.0 Å². The SMILES string of the molecule is COC(N1C(=O)c2ccccc2C1=O)[PH](=O)CC(CC(C)C)C(=O)O. The molecule has 1 N–H and O–H groups in total. The van der Waals surface area contributed by atoms with E-state index in [0.717, 1.165) is 4.90 Å². The van der Waals surface area contributed by atoms with Crippen molar-refractivity contribution in [2.75, 3.05) is 13.3 Å². The van der Waals surface area contributed by atoms with Crippen LogP contribution in [0.4, 0.5) is 0 Å². The van der Waals surface area contributed by atoms with Crippen molar-refractivity contribution in [3.05, 3.63) is 35.4 Å². The van der Waals surface area contributed by atoms with Crippen molar-refractivity contribution in [3.8, 4) is 0 Å². The molecule has 0 spiro atoms. The van der Waals surface area contributed by atoms with Crippen LogP contribution in [-0.4, -0.2) is 47.0 Å². The van der Waals surface area contributed by atoms with Crippen LogP contribution in [0, 0.1) is 11.8 Å². The first-order chi connectivity index (χ1) is 11.8. The summed E-state index contributed by atoms with van der Waals surface area (Å²) in [6.07, 6.45) is 0.244. The normalized spacial score (nSPS) is 17.5. The molecule has 0 aliphatic carbocycles. The van der Waals surface area contributed by atoms with Crippen molar-refractivity contribution in [3.63, 3.8) is 0 Å². The molecule has 1 heterocycles. The zero-order valence-corrected chi connectivity index (χ0v) is 15.4. The molecule has 0 fully saturated rings. The van der Waals surface area contributed by atoms with E-state index in [0.29, 0.717) is 6.42 Å². The number of aliphatic carboxylic acids is 1. The number of amides is 2. The molecule has 3 atom stereocenters. The van der Waals surface area contributed by atoms with Gasteiger partial charge in [-0.05, 0) is 24.5 Å². The van der Waals surface area contributed by atoms with E-state index in [1.54, 1.807) is 12.1 Å². The second kappa shape index (κ2) is 7.93. The van der Waals surface area contributed by atoms with Gasteiger partial charge in [0.05, 0.1) is 17.0 Å². The van der Waals surface area contributed by atoms with Crippen LogP contribution < -0.4 is 0 Å². The highest BCUT2D eigenvalue weighted by molar-refractivity contribution is 7.45. The quantitative estimate of drug-likeness (QED) is 0.560. The minimum absolute atomic E-state index is 0.121. The predicted octanol–water partition coefficient (Wildman–Crippen LogP) is 2.52. The van der Waals surface area contributed by atoms with Gasteiger partial charge in [-0.25, -0.2) is 4.90 Å². The van der Waals surface area contributed by atoms with E-state index in [-0.39, 0.29) is 23.2 Å². The summed E-state index contributed by atoms with van der Waals surface area (Å²) in [5.41, 5.74) is 0.475. The smallest absolute Gasteiger partial charge is 0.306 e. The fourth-order valence-electron chi connectivity index (χ4n) is 2.99. The van der Waals surface area contributed by atoms with Crippen molar-refractivity contribution in [2.24, 2.45) is 11.8 Å². The first-order valence-electron chi connectivity index (χ1n) is 8.03. The van der Waals surface area contributed by atoms with Crippen molar-refractivity contribution >= 4 is 25.6 Å². The molecule has 136 valence electrons. The molecule has 7 nitrogen and oxygen atoms in total. The van der Waals surface area contributed by atoms with Crippen LogP contribution in [0.15, 0.2) is 24.3 Å². The van der Waals surface area contributed by atoms with Gasteiger partial charge >= 0.3 is 5.97 Å². The van der Waals surface area contributed by atoms with Gasteiger partial charge in [-0.15, -0.1) is 0 Å². The number of carboxylic acid groups (broad SMARTS) is 1. The molecular formula is C17H22NO6P. The molecule has 0 saturated carbocycles. The molecule has 2 amide bonds. The molecule has 3 unspecified atom stereocenters. The number of carboxylic acids is 1. The first kappa shape index (κ1) is 19.3. The van der Waals surface area contributed by atoms with Gasteiger partial charge < -0.3 is 14.4 Å². The van der Waals surface area contributed by atoms with E-state index < -0.39 is 37.5 Å². The summed E-state index contributed by atoms with van der Waals surface area (Å²) in [5.74, 6) is -4.10. The Morgan fingerprint density at radius 2 is 1.72 bits per heavy atom. The topological polar surface area (TPSA) is 101 Å². The molecule has 1 aliphatic rings. The van der Waals surface area contributed by atoms with E-state index in [9.17, 15) is 24.1 Å². The zero-order valence-electron chi connectivity index (χ0n) is 14.4. The number of nitrogens with zero attached hydrogens (tertiary/aromatic N) is 1. The summed E-state index contributed by atoms with van der Waals surface area (Å²) in [7, 11) is -1.44. The Kier molecular flexibility index (Phi) is 6.14. The van der Waals surface area contributed by atoms with E-state index in [1.165, 1.54) is 19.2 Å². The average molecular weight is 367 g/mol. The third-order valence-electron chi connectivity index (χ3n) is 4.11. The molecule has 0 radical (unpaired) electrons. The number of ether oxygens (including phenoxy) is 1. The summed E-state index contributed by atoms with van der Waals surface area (Å²) >= 11 is 0. The maximum Gasteiger partial charge on any atom is 0.306 e. The fourth-order valence-corrected chi connectivity index (χ4v) is 4.80. The monoisotopic (exact) mass is 367 g/mol. The van der Waals surface area contributed by atoms with Gasteiger partial charge in [-0.2, -0.15) is 0 Å². The van der Waals surface area contributed by atoms with Crippen LogP contribution >= 0.6 is 7.80 Å². The number of hydrogen-bond acceptors (Lipinski definition) is 5. The van der Waals surface area contributed by atoms with E-state index in [2.05, 4.69) is 0 Å². The average Bonchev–Trinajstić information content (AvgIpc) is 2.80. The Hall–Kier alpha value is -1.98. The minimum atomic E-state index is -2.70. The highest BCUT2D eigenvalue weighted by Gasteiger charge is 2.42. The van der Waals surface area contributed by atoms with Crippen molar-refractivity contribution < 1.29 is 28.8 Å². The molecule has 2 rings (SSSR count). The molecule has 0 aromatic heterocycles. The van der Waals surface area contributed by atoms with Crippen molar-refractivity contribution in [2.45, 2.75) is 26.2 Å². The van der Waals surface area contributed by atoms with Crippen molar-refractivity contribution in [1.29, 1.82) is 0 Å². The highest BCUT2D eigenvalue weighted by Crippen LogP contribution is 2.39. The molecule has 0 saturated heterocycles. The number of imide groups is 1.